The molecule has 1 heterocycles. The van der Waals surface area contributed by atoms with Crippen LogP contribution in [0.2, 0.25) is 0 Å². The molecule has 2 N–H and O–H groups in total. The van der Waals surface area contributed by atoms with Gasteiger partial charge >= 0.3 is 6.01 Å². The van der Waals surface area contributed by atoms with Gasteiger partial charge < -0.3 is 14.9 Å². The third-order valence-electron chi connectivity index (χ3n) is 1.81. The van der Waals surface area contributed by atoms with Crippen LogP contribution in [0, 0.1) is 0 Å². The summed E-state index contributed by atoms with van der Waals surface area (Å²) in [5, 5.41) is 18.9. The Morgan fingerprint density at radius 1 is 1.40 bits per heavy atom. The molecule has 0 radical (unpaired) electrons. The Bertz CT molecular complexity index is 294. The second-order valence-corrected chi connectivity index (χ2v) is 3.29. The molecule has 0 saturated heterocycles. The predicted molar refractivity (Wildman–Crippen MR) is 58.0 cm³/mol. The molecule has 0 aliphatic carbocycles. The minimum absolute atomic E-state index is 0.175. The second-order valence-electron chi connectivity index (χ2n) is 2.93. The molecule has 0 amide bonds. The number of hydrogen-bond acceptors (Lipinski definition) is 6. The van der Waals surface area contributed by atoms with Crippen LogP contribution in [0.1, 0.15) is 18.6 Å². The van der Waals surface area contributed by atoms with E-state index in [0.717, 1.165) is 0 Å². The Kier molecular flexibility index (Phi) is 4.80. The molecule has 0 fully saturated rings. The van der Waals surface area contributed by atoms with Crippen LogP contribution in [0.3, 0.4) is 0 Å². The van der Waals surface area contributed by atoms with Gasteiger partial charge in [-0.05, 0) is 6.92 Å². The highest BCUT2D eigenvalue weighted by Crippen LogP contribution is 2.16. The Morgan fingerprint density at radius 2 is 2.00 bits per heavy atom. The molecule has 1 aromatic heterocycles. The van der Waals surface area contributed by atoms with Crippen molar-refractivity contribution in [3.63, 3.8) is 0 Å². The molecule has 0 saturated carbocycles. The summed E-state index contributed by atoms with van der Waals surface area (Å²) >= 11 is 3.88. The maximum absolute atomic E-state index is 9.59. The minimum atomic E-state index is -1.02. The molecule has 84 valence electrons. The number of aliphatic hydroxyl groups excluding tert-OH is 2. The molecule has 0 aliphatic rings. The molecule has 1 rings (SSSR count). The first-order valence-electron chi connectivity index (χ1n) is 4.60. The number of hydrogen-bond donors (Lipinski definition) is 3. The van der Waals surface area contributed by atoms with Crippen molar-refractivity contribution in [2.75, 3.05) is 12.4 Å². The van der Waals surface area contributed by atoms with Gasteiger partial charge in [-0.25, -0.2) is 9.97 Å². The maximum atomic E-state index is 9.59. The largest absolute Gasteiger partial charge is 0.464 e. The summed E-state index contributed by atoms with van der Waals surface area (Å²) in [5.41, 5.74) is 0.444. The van der Waals surface area contributed by atoms with Crippen LogP contribution in [-0.4, -0.2) is 38.6 Å². The lowest BCUT2D eigenvalue weighted by atomic mass is 10.1. The Morgan fingerprint density at radius 3 is 2.47 bits per heavy atom. The summed E-state index contributed by atoms with van der Waals surface area (Å²) in [6.07, 6.45) is 0.915. The van der Waals surface area contributed by atoms with Crippen molar-refractivity contribution >= 4 is 12.6 Å². The van der Waals surface area contributed by atoms with E-state index < -0.39 is 12.2 Å². The molecule has 15 heavy (non-hydrogen) atoms. The number of rotatable bonds is 5. The van der Waals surface area contributed by atoms with Crippen LogP contribution in [0.5, 0.6) is 6.01 Å². The van der Waals surface area contributed by atoms with E-state index in [0.29, 0.717) is 12.2 Å². The third-order valence-corrected chi connectivity index (χ3v) is 2.19. The zero-order valence-corrected chi connectivity index (χ0v) is 9.26. The van der Waals surface area contributed by atoms with Gasteiger partial charge in [-0.3, -0.25) is 0 Å². The van der Waals surface area contributed by atoms with E-state index in [4.69, 9.17) is 4.74 Å². The lowest BCUT2D eigenvalue weighted by Gasteiger charge is -2.15. The number of aliphatic hydroxyl groups is 2. The molecule has 2 unspecified atom stereocenters. The fourth-order valence-corrected chi connectivity index (χ4v) is 1.20. The molecule has 2 atom stereocenters. The quantitative estimate of drug-likeness (QED) is 0.630. The first-order valence-corrected chi connectivity index (χ1v) is 5.24. The summed E-state index contributed by atoms with van der Waals surface area (Å²) in [7, 11) is 0. The average molecular weight is 230 g/mol. The monoisotopic (exact) mass is 230 g/mol. The van der Waals surface area contributed by atoms with Gasteiger partial charge in [-0.15, -0.1) is 0 Å². The van der Waals surface area contributed by atoms with Gasteiger partial charge in [0.2, 0.25) is 0 Å². The lowest BCUT2D eigenvalue weighted by Crippen LogP contribution is -2.20. The molecule has 0 aromatic carbocycles. The molecule has 6 heteroatoms. The van der Waals surface area contributed by atoms with Gasteiger partial charge in [0.25, 0.3) is 0 Å². The Hall–Kier alpha value is -0.850. The molecule has 0 aliphatic heterocycles. The van der Waals surface area contributed by atoms with E-state index in [9.17, 15) is 10.2 Å². The number of aromatic nitrogens is 2. The SMILES string of the molecule is CCOc1ncc(C(O)C(O)CS)cn1. The molecular weight excluding hydrogens is 216 g/mol. The highest BCUT2D eigenvalue weighted by atomic mass is 32.1. The van der Waals surface area contributed by atoms with Crippen molar-refractivity contribution in [1.82, 2.24) is 9.97 Å². The fraction of sp³-hybridized carbons (Fsp3) is 0.556. The first-order chi connectivity index (χ1) is 7.19. The number of thiol groups is 1. The third kappa shape index (κ3) is 3.33. The molecule has 0 bridgehead atoms. The van der Waals surface area contributed by atoms with Crippen LogP contribution >= 0.6 is 12.6 Å². The predicted octanol–water partition coefficient (Wildman–Crippen LogP) is 0.199. The van der Waals surface area contributed by atoms with Crippen molar-refractivity contribution in [3.05, 3.63) is 18.0 Å². The van der Waals surface area contributed by atoms with E-state index in [2.05, 4.69) is 22.6 Å². The molecule has 0 spiro atoms. The van der Waals surface area contributed by atoms with Gasteiger partial charge in [0.1, 0.15) is 6.10 Å². The molecular formula is C9H14N2O3S. The fourth-order valence-electron chi connectivity index (χ4n) is 1.00. The van der Waals surface area contributed by atoms with Crippen LogP contribution in [0.4, 0.5) is 0 Å². The summed E-state index contributed by atoms with van der Waals surface area (Å²) in [6, 6.07) is 0.258. The average Bonchev–Trinajstić information content (AvgIpc) is 2.28. The minimum Gasteiger partial charge on any atom is -0.464 e. The van der Waals surface area contributed by atoms with E-state index in [1.807, 2.05) is 6.92 Å². The van der Waals surface area contributed by atoms with Crippen LogP contribution < -0.4 is 4.74 Å². The zero-order valence-electron chi connectivity index (χ0n) is 8.37. The summed E-state index contributed by atoms with van der Waals surface area (Å²) < 4.78 is 5.05. The number of nitrogens with zero attached hydrogens (tertiary/aromatic N) is 2. The van der Waals surface area contributed by atoms with Crippen molar-refractivity contribution in [2.45, 2.75) is 19.1 Å². The standard InChI is InChI=1S/C9H14N2O3S/c1-2-14-9-10-3-6(4-11-9)8(13)7(12)5-15/h3-4,7-8,12-13,15H,2,5H2,1H3. The van der Waals surface area contributed by atoms with Crippen molar-refractivity contribution in [3.8, 4) is 6.01 Å². The van der Waals surface area contributed by atoms with Crippen LogP contribution in [-0.2, 0) is 0 Å². The molecule has 1 aromatic rings. The highest BCUT2D eigenvalue weighted by molar-refractivity contribution is 7.80. The smallest absolute Gasteiger partial charge is 0.316 e. The first kappa shape index (κ1) is 12.2. The van der Waals surface area contributed by atoms with E-state index in [1.165, 1.54) is 12.4 Å². The Labute approximate surface area is 93.6 Å². The van der Waals surface area contributed by atoms with Crippen molar-refractivity contribution < 1.29 is 14.9 Å². The van der Waals surface area contributed by atoms with Crippen LogP contribution in [0.25, 0.3) is 0 Å². The van der Waals surface area contributed by atoms with Crippen molar-refractivity contribution in [1.29, 1.82) is 0 Å². The van der Waals surface area contributed by atoms with Crippen molar-refractivity contribution in [2.24, 2.45) is 0 Å². The van der Waals surface area contributed by atoms with Gasteiger partial charge in [0, 0.05) is 23.7 Å². The molecule has 5 nitrogen and oxygen atoms in total. The van der Waals surface area contributed by atoms with E-state index in [1.54, 1.807) is 0 Å². The Balaban J connectivity index is 2.70. The lowest BCUT2D eigenvalue weighted by molar-refractivity contribution is 0.0332. The zero-order chi connectivity index (χ0) is 11.3. The topological polar surface area (TPSA) is 75.5 Å². The van der Waals surface area contributed by atoms with E-state index in [-0.39, 0.29) is 11.8 Å². The summed E-state index contributed by atoms with van der Waals surface area (Å²) in [6.45, 7) is 2.32. The second kappa shape index (κ2) is 5.89. The van der Waals surface area contributed by atoms with Gasteiger partial charge in [-0.1, -0.05) is 0 Å². The van der Waals surface area contributed by atoms with Gasteiger partial charge in [0.05, 0.1) is 12.7 Å². The normalized spacial score (nSPS) is 14.7. The number of ether oxygens (including phenoxy) is 1. The van der Waals surface area contributed by atoms with Crippen LogP contribution in [0.15, 0.2) is 12.4 Å². The van der Waals surface area contributed by atoms with Gasteiger partial charge in [-0.2, -0.15) is 12.6 Å². The summed E-state index contributed by atoms with van der Waals surface area (Å²) in [4.78, 5) is 7.75. The van der Waals surface area contributed by atoms with E-state index >= 15 is 0 Å². The highest BCUT2D eigenvalue weighted by Gasteiger charge is 2.17. The summed E-state index contributed by atoms with van der Waals surface area (Å²) in [5.74, 6) is 0.175. The maximum Gasteiger partial charge on any atom is 0.316 e. The van der Waals surface area contributed by atoms with Gasteiger partial charge in [0.15, 0.2) is 0 Å².